The molecule has 0 aromatic rings. The summed E-state index contributed by atoms with van der Waals surface area (Å²) in [6, 6.07) is 0. The van der Waals surface area contributed by atoms with Crippen molar-refractivity contribution in [3.05, 3.63) is 24.3 Å². The van der Waals surface area contributed by atoms with Crippen LogP contribution in [0, 0.1) is 11.8 Å². The molecule has 3 unspecified atom stereocenters. The largest absolute Gasteiger partial charge is 0.469 e. The molecule has 0 aromatic heterocycles. The third-order valence-corrected chi connectivity index (χ3v) is 9.40. The molecule has 0 bridgehead atoms. The van der Waals surface area contributed by atoms with Crippen LogP contribution in [0.25, 0.3) is 0 Å². The molecule has 0 spiro atoms. The van der Waals surface area contributed by atoms with Gasteiger partial charge in [-0.2, -0.15) is 0 Å². The first-order valence-electron chi connectivity index (χ1n) is 15.6. The van der Waals surface area contributed by atoms with Crippen molar-refractivity contribution < 1.29 is 28.5 Å². The lowest BCUT2D eigenvalue weighted by Gasteiger charge is -2.34. The molecule has 3 aliphatic rings. The Balaban J connectivity index is 1.71. The molecule has 3 rings (SSSR count). The molecule has 2 saturated heterocycles. The summed E-state index contributed by atoms with van der Waals surface area (Å²) < 4.78 is 30.0. The van der Waals surface area contributed by atoms with E-state index in [-0.39, 0.29) is 36.2 Å². The molecule has 0 aromatic carbocycles. The van der Waals surface area contributed by atoms with Gasteiger partial charge in [0.1, 0.15) is 0 Å². The summed E-state index contributed by atoms with van der Waals surface area (Å²) in [5.41, 5.74) is -0.359. The minimum absolute atomic E-state index is 0.102. The summed E-state index contributed by atoms with van der Waals surface area (Å²) in [6.45, 7) is 6.06. The molecular formula is C32H53BrO6. The smallest absolute Gasteiger partial charge is 0.305 e. The van der Waals surface area contributed by atoms with E-state index >= 15 is 0 Å². The number of halogens is 1. The Kier molecular flexibility index (Phi) is 15.1. The number of ether oxygens (including phenoxy) is 5. The van der Waals surface area contributed by atoms with Gasteiger partial charge in [-0.3, -0.25) is 4.79 Å². The van der Waals surface area contributed by atoms with Crippen LogP contribution in [0.15, 0.2) is 24.3 Å². The lowest BCUT2D eigenvalue weighted by Crippen LogP contribution is -2.36. The lowest BCUT2D eigenvalue weighted by molar-refractivity contribution is -0.208. The van der Waals surface area contributed by atoms with E-state index < -0.39 is 0 Å². The summed E-state index contributed by atoms with van der Waals surface area (Å²) in [5, 5.41) is 0. The van der Waals surface area contributed by atoms with E-state index in [0.717, 1.165) is 83.8 Å². The van der Waals surface area contributed by atoms with Gasteiger partial charge in [0.2, 0.25) is 0 Å². The number of unbranched alkanes of at least 4 members (excludes halogenated alkanes) is 3. The maximum atomic E-state index is 11.4. The summed E-state index contributed by atoms with van der Waals surface area (Å²) in [6.07, 6.45) is 24.2. The van der Waals surface area contributed by atoms with Crippen molar-refractivity contribution in [2.75, 3.05) is 20.3 Å². The molecule has 7 atom stereocenters. The van der Waals surface area contributed by atoms with Gasteiger partial charge in [0.25, 0.3) is 0 Å². The average molecular weight is 614 g/mol. The maximum absolute atomic E-state index is 11.4. The predicted octanol–water partition coefficient (Wildman–Crippen LogP) is 8.03. The van der Waals surface area contributed by atoms with Crippen LogP contribution in [0.2, 0.25) is 0 Å². The van der Waals surface area contributed by atoms with Crippen molar-refractivity contribution in [3.63, 3.8) is 0 Å². The van der Waals surface area contributed by atoms with Crippen molar-refractivity contribution in [2.45, 2.75) is 139 Å². The molecule has 2 aliphatic heterocycles. The van der Waals surface area contributed by atoms with E-state index in [1.807, 2.05) is 0 Å². The topological polar surface area (TPSA) is 63.2 Å². The van der Waals surface area contributed by atoms with Gasteiger partial charge in [0.05, 0.1) is 18.8 Å². The lowest BCUT2D eigenvalue weighted by atomic mass is 9.88. The zero-order valence-electron chi connectivity index (χ0n) is 24.6. The minimum atomic E-state index is -0.359. The van der Waals surface area contributed by atoms with Gasteiger partial charge in [-0.1, -0.05) is 66.4 Å². The van der Waals surface area contributed by atoms with Crippen LogP contribution in [0.3, 0.4) is 0 Å². The van der Waals surface area contributed by atoms with Gasteiger partial charge < -0.3 is 23.7 Å². The van der Waals surface area contributed by atoms with E-state index in [9.17, 15) is 4.79 Å². The molecule has 6 nitrogen and oxygen atoms in total. The van der Waals surface area contributed by atoms with Gasteiger partial charge in [-0.05, 0) is 83.5 Å². The normalized spacial score (nSPS) is 31.6. The molecule has 1 aliphatic carbocycles. The number of methoxy groups -OCH3 is 1. The van der Waals surface area contributed by atoms with Gasteiger partial charge in [0.15, 0.2) is 12.6 Å². The Hall–Kier alpha value is -0.730. The van der Waals surface area contributed by atoms with Crippen LogP contribution in [-0.4, -0.2) is 55.4 Å². The summed E-state index contributed by atoms with van der Waals surface area (Å²) >= 11 is 4.01. The van der Waals surface area contributed by atoms with E-state index in [0.29, 0.717) is 17.2 Å². The average Bonchev–Trinajstić information content (AvgIpc) is 3.23. The number of esters is 1. The van der Waals surface area contributed by atoms with Crippen LogP contribution in [0.4, 0.5) is 0 Å². The Morgan fingerprint density at radius 1 is 1.03 bits per heavy atom. The van der Waals surface area contributed by atoms with Gasteiger partial charge in [-0.25, -0.2) is 0 Å². The Morgan fingerprint density at radius 3 is 2.44 bits per heavy atom. The van der Waals surface area contributed by atoms with Gasteiger partial charge >= 0.3 is 5.97 Å². The number of rotatable bonds is 16. The second kappa shape index (κ2) is 17.9. The minimum Gasteiger partial charge on any atom is -0.469 e. The number of carbonyl (C=O) groups excluding carboxylic acids is 1. The fraction of sp³-hybridized carbons (Fsp3) is 0.844. The zero-order valence-corrected chi connectivity index (χ0v) is 26.2. The molecule has 0 radical (unpaired) electrons. The van der Waals surface area contributed by atoms with Crippen molar-refractivity contribution in [1.29, 1.82) is 0 Å². The van der Waals surface area contributed by atoms with Crippen molar-refractivity contribution >= 4 is 21.9 Å². The number of alkyl halides is 1. The highest BCUT2D eigenvalue weighted by Gasteiger charge is 2.42. The first-order valence-corrected chi connectivity index (χ1v) is 16.5. The fourth-order valence-electron chi connectivity index (χ4n) is 5.97. The number of allylic oxidation sites excluding steroid dienone is 2. The molecule has 2 heterocycles. The number of hydrogen-bond donors (Lipinski definition) is 0. The Morgan fingerprint density at radius 2 is 1.77 bits per heavy atom. The second-order valence-corrected chi connectivity index (χ2v) is 12.9. The standard InChI is InChI=1S/C32H53BrO6/c1-4-5-12-20-32(2,39-31-18-11-14-23-37-31)21-19-26-25(15-8-6-7-9-16-29(34)35-3)27(33)24-28(26)38-30-17-10-13-22-36-30/h6,8,19,21,25-28,30-31H,4-5,7,9-18,20,22-24H2,1-3H3/t25-,26-,27-,28-,30?,31?,32?/m1/s1. The third kappa shape index (κ3) is 11.6. The summed E-state index contributed by atoms with van der Waals surface area (Å²) in [7, 11) is 1.45. The monoisotopic (exact) mass is 612 g/mol. The molecule has 1 saturated carbocycles. The molecule has 7 heteroatoms. The first-order chi connectivity index (χ1) is 18.9. The molecule has 224 valence electrons. The van der Waals surface area contributed by atoms with E-state index in [4.69, 9.17) is 23.7 Å². The van der Waals surface area contributed by atoms with E-state index in [1.54, 1.807) is 0 Å². The highest BCUT2D eigenvalue weighted by Crippen LogP contribution is 2.43. The molecular weight excluding hydrogens is 560 g/mol. The van der Waals surface area contributed by atoms with Crippen molar-refractivity contribution in [1.82, 2.24) is 0 Å². The van der Waals surface area contributed by atoms with Gasteiger partial charge in [0, 0.05) is 30.4 Å². The van der Waals surface area contributed by atoms with Crippen LogP contribution in [-0.2, 0) is 28.5 Å². The predicted molar refractivity (Wildman–Crippen MR) is 159 cm³/mol. The highest BCUT2D eigenvalue weighted by atomic mass is 79.9. The van der Waals surface area contributed by atoms with Crippen LogP contribution >= 0.6 is 15.9 Å². The third-order valence-electron chi connectivity index (χ3n) is 8.35. The number of hydrogen-bond acceptors (Lipinski definition) is 6. The SMILES string of the molecule is CCCCCC(C)(C=C[C@@H]1[C@@H](CC=CCCCC(=O)OC)[C@H](Br)C[C@H]1OC1CCCCO1)OC1CCCCO1. The van der Waals surface area contributed by atoms with Crippen LogP contribution < -0.4 is 0 Å². The molecule has 3 fully saturated rings. The quantitative estimate of drug-likeness (QED) is 0.0761. The Bertz CT molecular complexity index is 745. The van der Waals surface area contributed by atoms with E-state index in [2.05, 4.69) is 54.1 Å². The Labute approximate surface area is 245 Å². The van der Waals surface area contributed by atoms with E-state index in [1.165, 1.54) is 26.4 Å². The molecule has 0 N–H and O–H groups in total. The highest BCUT2D eigenvalue weighted by molar-refractivity contribution is 9.09. The number of carbonyl (C=O) groups is 1. The summed E-state index contributed by atoms with van der Waals surface area (Å²) in [4.78, 5) is 11.8. The van der Waals surface area contributed by atoms with Gasteiger partial charge in [-0.15, -0.1) is 0 Å². The first kappa shape index (κ1) is 32.8. The van der Waals surface area contributed by atoms with Crippen molar-refractivity contribution in [3.8, 4) is 0 Å². The van der Waals surface area contributed by atoms with Crippen molar-refractivity contribution in [2.24, 2.45) is 11.8 Å². The maximum Gasteiger partial charge on any atom is 0.305 e. The zero-order chi connectivity index (χ0) is 27.9. The summed E-state index contributed by atoms with van der Waals surface area (Å²) in [5.74, 6) is 0.538. The van der Waals surface area contributed by atoms with Crippen LogP contribution in [0.1, 0.15) is 110 Å². The van der Waals surface area contributed by atoms with Crippen LogP contribution in [0.5, 0.6) is 0 Å². The molecule has 0 amide bonds. The molecule has 39 heavy (non-hydrogen) atoms. The fourth-order valence-corrected chi connectivity index (χ4v) is 6.90. The second-order valence-electron chi connectivity index (χ2n) is 11.7.